The third-order valence-corrected chi connectivity index (χ3v) is 5.83. The van der Waals surface area contributed by atoms with Crippen molar-refractivity contribution < 1.29 is 48.9 Å². The maximum atomic E-state index is 12.5. The largest absolute Gasteiger partial charge is 0.481 e. The maximum Gasteiger partial charge on any atom is 0.326 e. The first-order chi connectivity index (χ1) is 17.9. The predicted octanol–water partition coefficient (Wildman–Crippen LogP) is -4.31. The molecule has 0 bridgehead atoms. The van der Waals surface area contributed by atoms with Gasteiger partial charge in [-0.05, 0) is 32.7 Å². The second-order valence-electron chi connectivity index (χ2n) is 8.48. The van der Waals surface area contributed by atoms with E-state index in [-0.39, 0.29) is 12.2 Å². The van der Waals surface area contributed by atoms with Crippen LogP contribution in [0.25, 0.3) is 0 Å². The normalized spacial score (nSPS) is 17.7. The highest BCUT2D eigenvalue weighted by Crippen LogP contribution is 2.05. The van der Waals surface area contributed by atoms with Crippen molar-refractivity contribution in [1.29, 1.82) is 0 Å². The molecule has 1 aliphatic heterocycles. The van der Waals surface area contributed by atoms with Gasteiger partial charge in [-0.2, -0.15) is 12.6 Å². The number of thiol groups is 1. The van der Waals surface area contributed by atoms with Crippen molar-refractivity contribution in [2.45, 2.75) is 62.8 Å². The van der Waals surface area contributed by atoms with E-state index in [2.05, 4.69) is 44.5 Å². The number of hydrogen-bond acceptors (Lipinski definition) is 10. The number of aliphatic hydroxyl groups is 1. The lowest BCUT2D eigenvalue weighted by molar-refractivity contribution is -0.143. The Kier molecular flexibility index (Phi) is 14.1. The van der Waals surface area contributed by atoms with Gasteiger partial charge in [-0.1, -0.05) is 0 Å². The minimum Gasteiger partial charge on any atom is -0.481 e. The molecule has 0 aromatic carbocycles. The second kappa shape index (κ2) is 16.4. The number of aliphatic carboxylic acids is 2. The van der Waals surface area contributed by atoms with E-state index in [0.29, 0.717) is 13.0 Å². The third kappa shape index (κ3) is 11.3. The van der Waals surface area contributed by atoms with Gasteiger partial charge in [-0.25, -0.2) is 4.79 Å². The van der Waals surface area contributed by atoms with E-state index in [4.69, 9.17) is 10.2 Å². The molecule has 1 heterocycles. The summed E-state index contributed by atoms with van der Waals surface area (Å²) in [6.07, 6.45) is 0.573. The number of rotatable bonds is 16. The molecule has 1 saturated heterocycles. The Bertz CT molecular complexity index is 898. The van der Waals surface area contributed by atoms with Crippen molar-refractivity contribution in [3.05, 3.63) is 0 Å². The van der Waals surface area contributed by atoms with E-state index < -0.39 is 91.3 Å². The number of hydrogen-bond donors (Lipinski definition) is 10. The minimum atomic E-state index is -1.47. The number of carbonyl (C=O) groups is 7. The van der Waals surface area contributed by atoms with Crippen LogP contribution in [0.3, 0.4) is 0 Å². The number of amides is 5. The predicted molar refractivity (Wildman–Crippen MR) is 133 cm³/mol. The number of aliphatic hydroxyl groups excluding tert-OH is 1. The quantitative estimate of drug-likeness (QED) is 0.0805. The minimum absolute atomic E-state index is 0.0794. The first-order valence-electron chi connectivity index (χ1n) is 11.8. The van der Waals surface area contributed by atoms with Crippen molar-refractivity contribution in [2.75, 3.05) is 25.4 Å². The van der Waals surface area contributed by atoms with Gasteiger partial charge >= 0.3 is 11.9 Å². The van der Waals surface area contributed by atoms with Crippen LogP contribution in [0.1, 0.15) is 32.6 Å². The fourth-order valence-corrected chi connectivity index (χ4v) is 3.57. The van der Waals surface area contributed by atoms with Crippen LogP contribution >= 0.6 is 12.6 Å². The van der Waals surface area contributed by atoms with Crippen LogP contribution in [-0.4, -0.2) is 112 Å². The molecular weight excluding hydrogens is 528 g/mol. The van der Waals surface area contributed by atoms with Gasteiger partial charge in [0.2, 0.25) is 29.5 Å². The first kappa shape index (κ1) is 32.6. The van der Waals surface area contributed by atoms with Crippen LogP contribution in [0.4, 0.5) is 0 Å². The molecule has 1 fully saturated rings. The smallest absolute Gasteiger partial charge is 0.326 e. The average molecular weight is 563 g/mol. The Labute approximate surface area is 223 Å². The highest BCUT2D eigenvalue weighted by atomic mass is 32.1. The summed E-state index contributed by atoms with van der Waals surface area (Å²) < 4.78 is 0. The van der Waals surface area contributed by atoms with Gasteiger partial charge in [0.15, 0.2) is 0 Å². The maximum absolute atomic E-state index is 12.5. The molecular formula is C21H34N6O10S. The van der Waals surface area contributed by atoms with Crippen molar-refractivity contribution >= 4 is 54.1 Å². The molecule has 0 saturated carbocycles. The number of carbonyl (C=O) groups excluding carboxylic acids is 5. The van der Waals surface area contributed by atoms with Gasteiger partial charge in [-0.3, -0.25) is 28.8 Å². The van der Waals surface area contributed by atoms with E-state index >= 15 is 0 Å². The van der Waals surface area contributed by atoms with Crippen molar-refractivity contribution in [3.8, 4) is 0 Å². The Morgan fingerprint density at radius 2 is 1.58 bits per heavy atom. The Morgan fingerprint density at radius 1 is 0.921 bits per heavy atom. The summed E-state index contributed by atoms with van der Waals surface area (Å²) in [6, 6.07) is -5.68. The molecule has 16 nitrogen and oxygen atoms in total. The lowest BCUT2D eigenvalue weighted by Gasteiger charge is -2.23. The van der Waals surface area contributed by atoms with E-state index in [1.54, 1.807) is 0 Å². The molecule has 0 aliphatic carbocycles. The lowest BCUT2D eigenvalue weighted by Crippen LogP contribution is -2.59. The molecule has 0 radical (unpaired) electrons. The molecule has 5 amide bonds. The van der Waals surface area contributed by atoms with Crippen molar-refractivity contribution in [3.63, 3.8) is 0 Å². The zero-order chi connectivity index (χ0) is 28.8. The molecule has 1 rings (SSSR count). The van der Waals surface area contributed by atoms with Crippen molar-refractivity contribution in [1.82, 2.24) is 31.9 Å². The summed E-state index contributed by atoms with van der Waals surface area (Å²) in [7, 11) is 0. The van der Waals surface area contributed by atoms with E-state index in [0.717, 1.165) is 6.42 Å². The second-order valence-corrected chi connectivity index (χ2v) is 8.84. The van der Waals surface area contributed by atoms with Gasteiger partial charge in [-0.15, -0.1) is 0 Å². The third-order valence-electron chi connectivity index (χ3n) is 5.46. The summed E-state index contributed by atoms with van der Waals surface area (Å²) in [4.78, 5) is 83.2. The molecule has 5 atom stereocenters. The molecule has 0 aromatic rings. The van der Waals surface area contributed by atoms with Crippen LogP contribution in [0.5, 0.6) is 0 Å². The average Bonchev–Trinajstić information content (AvgIpc) is 3.41. The zero-order valence-corrected chi connectivity index (χ0v) is 21.6. The monoisotopic (exact) mass is 562 g/mol. The molecule has 0 aromatic heterocycles. The van der Waals surface area contributed by atoms with Crippen LogP contribution in [-0.2, 0) is 33.6 Å². The van der Waals surface area contributed by atoms with Crippen LogP contribution < -0.4 is 31.9 Å². The standard InChI is InChI=1S/C21H34N6O10S/c1-10(17(32)23-7-15(29)25-12(21(36)37)4-5-16(30)31)24-19(34)13(8-28)26-20(35)14(9-38)27-18(33)11-3-2-6-22-11/h10-14,22,28,38H,2-9H2,1H3,(H,23,32)(H,24,34)(H,25,29)(H,26,35)(H,27,33)(H,30,31)(H,36,37). The van der Waals surface area contributed by atoms with E-state index in [1.165, 1.54) is 6.92 Å². The zero-order valence-electron chi connectivity index (χ0n) is 20.7. The molecule has 38 heavy (non-hydrogen) atoms. The molecule has 9 N–H and O–H groups in total. The topological polar surface area (TPSA) is 252 Å². The summed E-state index contributed by atoms with van der Waals surface area (Å²) in [5, 5.41) is 41.6. The molecule has 17 heteroatoms. The Morgan fingerprint density at radius 3 is 2.11 bits per heavy atom. The molecule has 5 unspecified atom stereocenters. The summed E-state index contributed by atoms with van der Waals surface area (Å²) >= 11 is 4.05. The lowest BCUT2D eigenvalue weighted by atomic mass is 10.1. The molecule has 214 valence electrons. The Hall–Kier alpha value is -3.44. The number of carboxylic acid groups (broad SMARTS) is 2. The van der Waals surface area contributed by atoms with Gasteiger partial charge in [0.25, 0.3) is 0 Å². The fourth-order valence-electron chi connectivity index (χ4n) is 3.31. The van der Waals surface area contributed by atoms with Gasteiger partial charge in [0.1, 0.15) is 24.2 Å². The van der Waals surface area contributed by atoms with Crippen molar-refractivity contribution in [2.24, 2.45) is 0 Å². The summed E-state index contributed by atoms with van der Waals surface area (Å²) in [6.45, 7) is 0.461. The van der Waals surface area contributed by atoms with Crippen LogP contribution in [0.2, 0.25) is 0 Å². The van der Waals surface area contributed by atoms with Gasteiger partial charge in [0.05, 0.1) is 19.2 Å². The fraction of sp³-hybridized carbons (Fsp3) is 0.667. The Balaban J connectivity index is 2.55. The molecule has 1 aliphatic rings. The van der Waals surface area contributed by atoms with Crippen LogP contribution in [0, 0.1) is 0 Å². The van der Waals surface area contributed by atoms with Gasteiger partial charge < -0.3 is 47.2 Å². The van der Waals surface area contributed by atoms with Crippen LogP contribution in [0.15, 0.2) is 0 Å². The highest BCUT2D eigenvalue weighted by molar-refractivity contribution is 7.80. The van der Waals surface area contributed by atoms with Gasteiger partial charge in [0, 0.05) is 12.2 Å². The first-order valence-corrected chi connectivity index (χ1v) is 12.4. The summed E-state index contributed by atoms with van der Waals surface area (Å²) in [5.74, 6) is -6.59. The SMILES string of the molecule is CC(NC(=O)C(CO)NC(=O)C(CS)NC(=O)C1CCCN1)C(=O)NCC(=O)NC(CCC(=O)O)C(=O)O. The van der Waals surface area contributed by atoms with E-state index in [9.17, 15) is 38.7 Å². The summed E-state index contributed by atoms with van der Waals surface area (Å²) in [5.41, 5.74) is 0. The molecule has 0 spiro atoms. The highest BCUT2D eigenvalue weighted by Gasteiger charge is 2.30. The van der Waals surface area contributed by atoms with E-state index in [1.807, 2.05) is 0 Å². The number of nitrogens with one attached hydrogen (secondary N) is 6. The number of carboxylic acids is 2.